The molecule has 0 amide bonds. The van der Waals surface area contributed by atoms with E-state index in [1.165, 1.54) is 44.9 Å². The second kappa shape index (κ2) is 10.4. The fourth-order valence-electron chi connectivity index (χ4n) is 3.89. The number of ether oxygens (including phenoxy) is 1. The first-order chi connectivity index (χ1) is 15.6. The first-order valence-electron chi connectivity index (χ1n) is 11.1. The Morgan fingerprint density at radius 2 is 2.06 bits per heavy atom. The van der Waals surface area contributed by atoms with E-state index in [9.17, 15) is 4.39 Å². The van der Waals surface area contributed by atoms with Crippen LogP contribution in [0.4, 0.5) is 10.2 Å². The summed E-state index contributed by atoms with van der Waals surface area (Å²) in [6.07, 6.45) is 8.61. The second-order valence-corrected chi connectivity index (χ2v) is 8.05. The number of halogens is 1. The Balaban J connectivity index is 1.35. The summed E-state index contributed by atoms with van der Waals surface area (Å²) >= 11 is 0. The molecule has 0 radical (unpaired) electrons. The van der Waals surface area contributed by atoms with Gasteiger partial charge in [0.15, 0.2) is 11.6 Å². The smallest absolute Gasteiger partial charge is 0.233 e. The van der Waals surface area contributed by atoms with Crippen LogP contribution in [0.25, 0.3) is 10.9 Å². The van der Waals surface area contributed by atoms with Crippen LogP contribution in [0.2, 0.25) is 0 Å². The van der Waals surface area contributed by atoms with E-state index in [4.69, 9.17) is 15.3 Å². The van der Waals surface area contributed by atoms with E-state index in [1.807, 2.05) is 6.92 Å². The summed E-state index contributed by atoms with van der Waals surface area (Å²) in [5.74, 6) is -0.147. The van der Waals surface area contributed by atoms with Crippen LogP contribution >= 0.6 is 0 Å². The van der Waals surface area contributed by atoms with Gasteiger partial charge in [0.25, 0.3) is 0 Å². The topological polar surface area (TPSA) is 102 Å². The van der Waals surface area contributed by atoms with E-state index >= 15 is 0 Å². The highest BCUT2D eigenvalue weighted by Crippen LogP contribution is 2.31. The molecule has 0 unspecified atom stereocenters. The number of nitrogen functional groups attached to an aromatic ring is 1. The van der Waals surface area contributed by atoms with E-state index in [-0.39, 0.29) is 17.4 Å². The third-order valence-corrected chi connectivity index (χ3v) is 5.59. The Bertz CT molecular complexity index is 1080. The lowest BCUT2D eigenvalue weighted by atomic mass is 10.1. The molecule has 1 fully saturated rings. The highest BCUT2D eigenvalue weighted by molar-refractivity contribution is 5.88. The van der Waals surface area contributed by atoms with Gasteiger partial charge < -0.3 is 25.2 Å². The molecule has 1 aromatic carbocycles. The average Bonchev–Trinajstić information content (AvgIpc) is 3.18. The Labute approximate surface area is 186 Å². The molecule has 3 N–H and O–H groups in total. The van der Waals surface area contributed by atoms with Gasteiger partial charge in [0.05, 0.1) is 6.21 Å². The summed E-state index contributed by atoms with van der Waals surface area (Å²) in [6, 6.07) is 5.03. The largest absolute Gasteiger partial charge is 0.435 e. The zero-order chi connectivity index (χ0) is 22.3. The van der Waals surface area contributed by atoms with Crippen LogP contribution in [0.3, 0.4) is 0 Å². The molecular formula is C23H29FN6O2. The molecule has 1 aliphatic heterocycles. The summed E-state index contributed by atoms with van der Waals surface area (Å²) in [7, 11) is 0. The number of rotatable bonds is 9. The lowest BCUT2D eigenvalue weighted by molar-refractivity contribution is 0.135. The van der Waals surface area contributed by atoms with Gasteiger partial charge in [-0.2, -0.15) is 0 Å². The molecule has 2 aromatic heterocycles. The van der Waals surface area contributed by atoms with Crippen molar-refractivity contribution < 1.29 is 14.0 Å². The number of likely N-dealkylation sites (tertiary alicyclic amines) is 1. The van der Waals surface area contributed by atoms with Crippen molar-refractivity contribution in [2.75, 3.05) is 32.0 Å². The molecule has 3 heterocycles. The number of benzene rings is 1. The van der Waals surface area contributed by atoms with Gasteiger partial charge in [-0.1, -0.05) is 11.6 Å². The van der Waals surface area contributed by atoms with Crippen molar-refractivity contribution >= 4 is 22.9 Å². The molecule has 0 spiro atoms. The molecule has 0 atom stereocenters. The number of piperidine rings is 1. The molecule has 3 aromatic rings. The van der Waals surface area contributed by atoms with Crippen molar-refractivity contribution in [2.24, 2.45) is 5.16 Å². The minimum atomic E-state index is -0.475. The number of fused-ring (bicyclic) bond motifs is 1. The van der Waals surface area contributed by atoms with Gasteiger partial charge in [-0.3, -0.25) is 0 Å². The number of unbranched alkanes of at least 4 members (excludes halogenated alkanes) is 1. The quantitative estimate of drug-likeness (QED) is 0.291. The van der Waals surface area contributed by atoms with Crippen molar-refractivity contribution in [3.63, 3.8) is 0 Å². The SMILES string of the molecule is Cc1cc2c(F)c(Oc3ncnc(N)c3/C=N/OCCCCN3CCCCC3)ccc2[nH]1. The normalized spacial score (nSPS) is 14.9. The lowest BCUT2D eigenvalue weighted by Crippen LogP contribution is -2.30. The van der Waals surface area contributed by atoms with Crippen molar-refractivity contribution in [1.82, 2.24) is 19.9 Å². The van der Waals surface area contributed by atoms with E-state index in [0.29, 0.717) is 23.1 Å². The molecule has 1 aliphatic rings. The van der Waals surface area contributed by atoms with E-state index in [1.54, 1.807) is 18.2 Å². The minimum Gasteiger partial charge on any atom is -0.435 e. The van der Waals surface area contributed by atoms with Gasteiger partial charge in [0, 0.05) is 16.6 Å². The summed E-state index contributed by atoms with van der Waals surface area (Å²) < 4.78 is 20.6. The fraction of sp³-hybridized carbons (Fsp3) is 0.435. The monoisotopic (exact) mass is 440 g/mol. The standard InChI is InChI=1S/C23H29FN6O2/c1-16-13-17-19(29-16)7-8-20(21(17)24)32-23-18(22(25)26-15-27-23)14-28-31-12-6-5-11-30-9-3-2-4-10-30/h7-8,13-15,29H,2-6,9-12H2,1H3,(H2,25,26,27)/b28-14+. The number of aryl methyl sites for hydroxylation is 1. The molecule has 0 bridgehead atoms. The molecule has 9 heteroatoms. The number of nitrogens with two attached hydrogens (primary N) is 1. The minimum absolute atomic E-state index is 0.0443. The van der Waals surface area contributed by atoms with Crippen LogP contribution in [0, 0.1) is 12.7 Å². The fourth-order valence-corrected chi connectivity index (χ4v) is 3.89. The van der Waals surface area contributed by atoms with Crippen LogP contribution in [-0.2, 0) is 4.84 Å². The van der Waals surface area contributed by atoms with Crippen LogP contribution in [0.15, 0.2) is 29.7 Å². The Morgan fingerprint density at radius 1 is 1.22 bits per heavy atom. The Morgan fingerprint density at radius 3 is 2.91 bits per heavy atom. The molecule has 0 aliphatic carbocycles. The van der Waals surface area contributed by atoms with Gasteiger partial charge >= 0.3 is 0 Å². The third-order valence-electron chi connectivity index (χ3n) is 5.59. The number of hydrogen-bond acceptors (Lipinski definition) is 7. The number of hydrogen-bond donors (Lipinski definition) is 2. The maximum atomic E-state index is 14.9. The molecule has 170 valence electrons. The number of H-pyrrole nitrogens is 1. The van der Waals surface area contributed by atoms with E-state index in [2.05, 4.69) is 25.0 Å². The van der Waals surface area contributed by atoms with Gasteiger partial charge in [-0.15, -0.1) is 0 Å². The first kappa shape index (κ1) is 22.0. The zero-order valence-corrected chi connectivity index (χ0v) is 18.3. The molecule has 1 saturated heterocycles. The number of anilines is 1. The van der Waals surface area contributed by atoms with Crippen molar-refractivity contribution in [1.29, 1.82) is 0 Å². The molecule has 4 rings (SSSR count). The third kappa shape index (κ3) is 5.34. The summed E-state index contributed by atoms with van der Waals surface area (Å²) in [5, 5.41) is 4.44. The van der Waals surface area contributed by atoms with Crippen molar-refractivity contribution in [3.05, 3.63) is 41.6 Å². The predicted molar refractivity (Wildman–Crippen MR) is 123 cm³/mol. The first-order valence-corrected chi connectivity index (χ1v) is 11.1. The highest BCUT2D eigenvalue weighted by Gasteiger charge is 2.15. The van der Waals surface area contributed by atoms with Crippen LogP contribution in [-0.4, -0.2) is 52.3 Å². The number of nitrogens with zero attached hydrogens (tertiary/aromatic N) is 4. The van der Waals surface area contributed by atoms with E-state index in [0.717, 1.165) is 25.1 Å². The molecule has 0 saturated carbocycles. The maximum absolute atomic E-state index is 14.9. The van der Waals surface area contributed by atoms with Crippen LogP contribution in [0.5, 0.6) is 11.6 Å². The van der Waals surface area contributed by atoms with Crippen LogP contribution in [0.1, 0.15) is 43.4 Å². The number of nitrogens with one attached hydrogen (secondary N) is 1. The lowest BCUT2D eigenvalue weighted by Gasteiger charge is -2.26. The predicted octanol–water partition coefficient (Wildman–Crippen LogP) is 4.40. The van der Waals surface area contributed by atoms with Gasteiger partial charge in [-0.25, -0.2) is 14.4 Å². The number of aromatic amines is 1. The molecule has 32 heavy (non-hydrogen) atoms. The summed E-state index contributed by atoms with van der Waals surface area (Å²) in [6.45, 7) is 5.87. The van der Waals surface area contributed by atoms with Crippen LogP contribution < -0.4 is 10.5 Å². The average molecular weight is 441 g/mol. The van der Waals surface area contributed by atoms with Gasteiger partial charge in [0.1, 0.15) is 24.3 Å². The molecular weight excluding hydrogens is 411 g/mol. The Kier molecular flexibility index (Phi) is 7.16. The number of oxime groups is 1. The highest BCUT2D eigenvalue weighted by atomic mass is 19.1. The summed E-state index contributed by atoms with van der Waals surface area (Å²) in [4.78, 5) is 19.1. The molecule has 8 nitrogen and oxygen atoms in total. The summed E-state index contributed by atoms with van der Waals surface area (Å²) in [5.41, 5.74) is 7.87. The van der Waals surface area contributed by atoms with Gasteiger partial charge in [0.2, 0.25) is 5.88 Å². The van der Waals surface area contributed by atoms with E-state index < -0.39 is 5.82 Å². The van der Waals surface area contributed by atoms with Crippen molar-refractivity contribution in [3.8, 4) is 11.6 Å². The number of aromatic nitrogens is 3. The van der Waals surface area contributed by atoms with Gasteiger partial charge in [-0.05, 0) is 70.4 Å². The second-order valence-electron chi connectivity index (χ2n) is 8.05. The Hall–Kier alpha value is -3.20. The maximum Gasteiger partial charge on any atom is 0.233 e. The van der Waals surface area contributed by atoms with Crippen molar-refractivity contribution in [2.45, 2.75) is 39.0 Å². The zero-order valence-electron chi connectivity index (χ0n) is 18.3.